The molecular weight excluding hydrogens is 350 g/mol. The highest BCUT2D eigenvalue weighted by atomic mass is 32.2. The number of hydrogen-bond acceptors (Lipinski definition) is 5. The highest BCUT2D eigenvalue weighted by Crippen LogP contribution is 2.21. The molecule has 0 unspecified atom stereocenters. The minimum Gasteiger partial charge on any atom is -0.381 e. The molecule has 0 N–H and O–H groups in total. The van der Waals surface area contributed by atoms with Gasteiger partial charge < -0.3 is 9.30 Å². The largest absolute Gasteiger partial charge is 0.381 e. The van der Waals surface area contributed by atoms with Gasteiger partial charge >= 0.3 is 0 Å². The quantitative estimate of drug-likeness (QED) is 0.392. The third-order valence-electron chi connectivity index (χ3n) is 3.84. The van der Waals surface area contributed by atoms with E-state index >= 15 is 0 Å². The lowest BCUT2D eigenvalue weighted by Gasteiger charge is -2.10. The number of hydrogen-bond donors (Lipinski definition) is 0. The Balaban J connectivity index is 1.71. The van der Waals surface area contributed by atoms with Crippen LogP contribution in [0.1, 0.15) is 23.2 Å². The fourth-order valence-electron chi connectivity index (χ4n) is 2.57. The Morgan fingerprint density at radius 1 is 1.12 bits per heavy atom. The standard InChI is InChI=1S/C19H23N3OS2/c1-2-23-12-14-25-19-21-20-18(15-17-9-6-13-24-17)22(19)11-10-16-7-4-3-5-8-16/h3-9,13H,2,10-12,14-15H2,1H3. The summed E-state index contributed by atoms with van der Waals surface area (Å²) in [4.78, 5) is 1.32. The maximum absolute atomic E-state index is 5.44. The highest BCUT2D eigenvalue weighted by molar-refractivity contribution is 7.99. The molecule has 0 amide bonds. The van der Waals surface area contributed by atoms with E-state index in [0.29, 0.717) is 0 Å². The van der Waals surface area contributed by atoms with Crippen LogP contribution in [0.25, 0.3) is 0 Å². The summed E-state index contributed by atoms with van der Waals surface area (Å²) in [6, 6.07) is 14.8. The van der Waals surface area contributed by atoms with E-state index in [4.69, 9.17) is 4.74 Å². The molecule has 6 heteroatoms. The van der Waals surface area contributed by atoms with Crippen molar-refractivity contribution in [2.75, 3.05) is 19.0 Å². The molecule has 0 saturated carbocycles. The van der Waals surface area contributed by atoms with Gasteiger partial charge in [0.05, 0.1) is 6.61 Å². The Hall–Kier alpha value is -1.63. The first-order chi connectivity index (χ1) is 12.4. The van der Waals surface area contributed by atoms with E-state index in [0.717, 1.165) is 49.3 Å². The van der Waals surface area contributed by atoms with Gasteiger partial charge in [-0.05, 0) is 30.4 Å². The third kappa shape index (κ3) is 5.42. The van der Waals surface area contributed by atoms with Crippen molar-refractivity contribution in [3.8, 4) is 0 Å². The van der Waals surface area contributed by atoms with E-state index in [1.807, 2.05) is 6.92 Å². The predicted molar refractivity (Wildman–Crippen MR) is 105 cm³/mol. The van der Waals surface area contributed by atoms with Crippen molar-refractivity contribution in [3.05, 3.63) is 64.1 Å². The van der Waals surface area contributed by atoms with Gasteiger partial charge in [0.25, 0.3) is 0 Å². The first-order valence-corrected chi connectivity index (χ1v) is 10.4. The van der Waals surface area contributed by atoms with Crippen LogP contribution in [0.3, 0.4) is 0 Å². The Labute approximate surface area is 157 Å². The van der Waals surface area contributed by atoms with Gasteiger partial charge in [0, 0.05) is 30.2 Å². The number of benzene rings is 1. The summed E-state index contributed by atoms with van der Waals surface area (Å²) < 4.78 is 7.71. The molecule has 0 fully saturated rings. The molecule has 0 aliphatic rings. The summed E-state index contributed by atoms with van der Waals surface area (Å²) >= 11 is 3.49. The molecule has 0 radical (unpaired) electrons. The van der Waals surface area contributed by atoms with E-state index in [1.165, 1.54) is 10.4 Å². The maximum Gasteiger partial charge on any atom is 0.191 e. The number of aryl methyl sites for hydroxylation is 1. The van der Waals surface area contributed by atoms with Crippen LogP contribution in [0.5, 0.6) is 0 Å². The summed E-state index contributed by atoms with van der Waals surface area (Å²) in [6.45, 7) is 4.42. The molecule has 1 aromatic carbocycles. The first-order valence-electron chi connectivity index (χ1n) is 8.55. The molecule has 0 aliphatic heterocycles. The molecule has 3 rings (SSSR count). The molecule has 2 heterocycles. The molecule has 0 bridgehead atoms. The number of rotatable bonds is 10. The van der Waals surface area contributed by atoms with E-state index in [2.05, 4.69) is 62.6 Å². The number of thiophene rings is 1. The van der Waals surface area contributed by atoms with Crippen LogP contribution in [0.15, 0.2) is 53.0 Å². The Kier molecular flexibility index (Phi) is 7.09. The van der Waals surface area contributed by atoms with Crippen LogP contribution in [-0.4, -0.2) is 33.7 Å². The van der Waals surface area contributed by atoms with E-state index in [-0.39, 0.29) is 0 Å². The number of nitrogens with zero attached hydrogens (tertiary/aromatic N) is 3. The Morgan fingerprint density at radius 2 is 2.00 bits per heavy atom. The molecule has 0 aliphatic carbocycles. The van der Waals surface area contributed by atoms with Crippen LogP contribution >= 0.6 is 23.1 Å². The van der Waals surface area contributed by atoms with Crippen molar-refractivity contribution in [1.29, 1.82) is 0 Å². The summed E-state index contributed by atoms with van der Waals surface area (Å²) in [5.41, 5.74) is 1.34. The van der Waals surface area contributed by atoms with Crippen LogP contribution < -0.4 is 0 Å². The lowest BCUT2D eigenvalue weighted by molar-refractivity contribution is 0.164. The normalized spacial score (nSPS) is 11.1. The summed E-state index contributed by atoms with van der Waals surface area (Å²) in [5.74, 6) is 1.94. The van der Waals surface area contributed by atoms with E-state index in [9.17, 15) is 0 Å². The number of aromatic nitrogens is 3. The fraction of sp³-hybridized carbons (Fsp3) is 0.368. The Morgan fingerprint density at radius 3 is 2.76 bits per heavy atom. The monoisotopic (exact) mass is 373 g/mol. The van der Waals surface area contributed by atoms with E-state index in [1.54, 1.807) is 23.1 Å². The average molecular weight is 374 g/mol. The minimum absolute atomic E-state index is 0.743. The van der Waals surface area contributed by atoms with Crippen LogP contribution in [-0.2, 0) is 24.1 Å². The van der Waals surface area contributed by atoms with Gasteiger partial charge in [0.1, 0.15) is 5.82 Å². The second kappa shape index (κ2) is 9.75. The zero-order valence-corrected chi connectivity index (χ0v) is 16.1. The van der Waals surface area contributed by atoms with Crippen molar-refractivity contribution >= 4 is 23.1 Å². The van der Waals surface area contributed by atoms with Gasteiger partial charge in [-0.1, -0.05) is 48.2 Å². The van der Waals surface area contributed by atoms with Crippen molar-refractivity contribution in [1.82, 2.24) is 14.8 Å². The lowest BCUT2D eigenvalue weighted by atomic mass is 10.1. The molecule has 25 heavy (non-hydrogen) atoms. The minimum atomic E-state index is 0.743. The maximum atomic E-state index is 5.44. The smallest absolute Gasteiger partial charge is 0.191 e. The summed E-state index contributed by atoms with van der Waals surface area (Å²) in [7, 11) is 0. The zero-order valence-electron chi connectivity index (χ0n) is 14.4. The van der Waals surface area contributed by atoms with Gasteiger partial charge in [-0.15, -0.1) is 21.5 Å². The van der Waals surface area contributed by atoms with Crippen LogP contribution in [0.2, 0.25) is 0 Å². The zero-order chi connectivity index (χ0) is 17.3. The summed E-state index contributed by atoms with van der Waals surface area (Å²) in [5, 5.41) is 12.0. The van der Waals surface area contributed by atoms with Gasteiger partial charge in [-0.3, -0.25) is 0 Å². The van der Waals surface area contributed by atoms with Crippen molar-refractivity contribution in [2.45, 2.75) is 31.5 Å². The SMILES string of the molecule is CCOCCSc1nnc(Cc2cccs2)n1CCc1ccccc1. The second-order valence-electron chi connectivity index (χ2n) is 5.59. The summed E-state index contributed by atoms with van der Waals surface area (Å²) in [6.07, 6.45) is 1.82. The predicted octanol–water partition coefficient (Wildman–Crippen LogP) is 4.30. The number of thioether (sulfide) groups is 1. The van der Waals surface area contributed by atoms with Crippen molar-refractivity contribution in [2.24, 2.45) is 0 Å². The van der Waals surface area contributed by atoms with Gasteiger partial charge in [0.2, 0.25) is 0 Å². The lowest BCUT2D eigenvalue weighted by Crippen LogP contribution is -2.09. The average Bonchev–Trinajstić information content (AvgIpc) is 3.29. The molecule has 132 valence electrons. The fourth-order valence-corrected chi connectivity index (χ4v) is 4.11. The Bertz CT molecular complexity index is 741. The molecule has 4 nitrogen and oxygen atoms in total. The second-order valence-corrected chi connectivity index (χ2v) is 7.68. The highest BCUT2D eigenvalue weighted by Gasteiger charge is 2.13. The molecule has 0 saturated heterocycles. The molecule has 0 spiro atoms. The van der Waals surface area contributed by atoms with Crippen LogP contribution in [0.4, 0.5) is 0 Å². The van der Waals surface area contributed by atoms with Gasteiger partial charge in [-0.25, -0.2) is 0 Å². The molecular formula is C19H23N3OS2. The molecule has 3 aromatic rings. The number of ether oxygens (including phenoxy) is 1. The first kappa shape index (κ1) is 18.2. The van der Waals surface area contributed by atoms with Gasteiger partial charge in [0.15, 0.2) is 5.16 Å². The molecule has 2 aromatic heterocycles. The topological polar surface area (TPSA) is 39.9 Å². The third-order valence-corrected chi connectivity index (χ3v) is 5.64. The van der Waals surface area contributed by atoms with Crippen molar-refractivity contribution < 1.29 is 4.74 Å². The van der Waals surface area contributed by atoms with Crippen molar-refractivity contribution in [3.63, 3.8) is 0 Å². The van der Waals surface area contributed by atoms with Crippen LogP contribution in [0, 0.1) is 0 Å². The van der Waals surface area contributed by atoms with Gasteiger partial charge in [-0.2, -0.15) is 0 Å². The molecule has 0 atom stereocenters. The van der Waals surface area contributed by atoms with E-state index < -0.39 is 0 Å².